The summed E-state index contributed by atoms with van der Waals surface area (Å²) in [6, 6.07) is 0.575. The van der Waals surface area contributed by atoms with Gasteiger partial charge in [-0.1, -0.05) is 0 Å². The zero-order valence-corrected chi connectivity index (χ0v) is 21.6. The molecule has 1 saturated heterocycles. The summed E-state index contributed by atoms with van der Waals surface area (Å²) >= 11 is 0. The summed E-state index contributed by atoms with van der Waals surface area (Å²) in [5.41, 5.74) is -3.02. The fourth-order valence-corrected chi connectivity index (χ4v) is 2.51. The number of phosphoric acid groups is 1. The van der Waals surface area contributed by atoms with E-state index in [4.69, 9.17) is 19.6 Å². The quantitative estimate of drug-likeness (QED) is 0.192. The van der Waals surface area contributed by atoms with Crippen LogP contribution < -0.4 is 11.2 Å². The number of carboxylic acid groups (broad SMARTS) is 1. The van der Waals surface area contributed by atoms with Gasteiger partial charge in [-0.2, -0.15) is 0 Å². The normalized spacial score (nSPS) is 24.3. The smallest absolute Gasteiger partial charge is 0.469 e. The molecule has 0 unspecified atom stereocenters. The predicted molar refractivity (Wildman–Crippen MR) is 89.5 cm³/mol. The van der Waals surface area contributed by atoms with Crippen LogP contribution in [0.25, 0.3) is 0 Å². The molecule has 1 aromatic rings. The number of aromatic nitrogens is 2. The number of H-pyrrole nitrogens is 1. The van der Waals surface area contributed by atoms with Gasteiger partial charge in [-0.05, 0) is 0 Å². The second-order valence-electron chi connectivity index (χ2n) is 4.83. The van der Waals surface area contributed by atoms with Crippen LogP contribution in [0.3, 0.4) is 0 Å². The zero-order valence-electron chi connectivity index (χ0n) is 14.7. The Morgan fingerprint density at radius 3 is 2.26 bits per heavy atom. The van der Waals surface area contributed by atoms with Crippen molar-refractivity contribution in [2.24, 2.45) is 0 Å². The first-order valence-corrected chi connectivity index (χ1v) is 7.85. The van der Waals surface area contributed by atoms with Gasteiger partial charge >= 0.3 is 19.5 Å². The topological polar surface area (TPSA) is 209 Å². The minimum Gasteiger partial charge on any atom is -0.477 e. The molecule has 137 valence electrons. The molecule has 13 nitrogen and oxygen atoms in total. The Balaban J connectivity index is 0. The number of rotatable bonds is 5. The Bertz CT molecular complexity index is 808. The van der Waals surface area contributed by atoms with Crippen LogP contribution in [0.5, 0.6) is 0 Å². The Morgan fingerprint density at radius 1 is 1.22 bits per heavy atom. The van der Waals surface area contributed by atoms with Gasteiger partial charge < -0.3 is 29.8 Å². The maximum atomic E-state index is 11.8. The van der Waals surface area contributed by atoms with Crippen molar-refractivity contribution in [1.82, 2.24) is 9.55 Å². The number of aromatic carboxylic acids is 1. The third-order valence-corrected chi connectivity index (χ3v) is 3.68. The monoisotopic (exact) mass is 437 g/mol. The fourth-order valence-electron chi connectivity index (χ4n) is 2.17. The van der Waals surface area contributed by atoms with Gasteiger partial charge in [-0.25, -0.2) is 14.2 Å². The summed E-state index contributed by atoms with van der Waals surface area (Å²) in [7, 11) is -4.88. The molecule has 4 atom stereocenters. The molecule has 1 fully saturated rings. The van der Waals surface area contributed by atoms with Crippen molar-refractivity contribution in [3.63, 3.8) is 0 Å². The molecule has 27 heavy (non-hydrogen) atoms. The molecule has 2 rings (SSSR count). The van der Waals surface area contributed by atoms with Crippen molar-refractivity contribution in [2.45, 2.75) is 24.5 Å². The van der Waals surface area contributed by atoms with Crippen LogP contribution >= 0.6 is 7.82 Å². The number of aliphatic hydroxyl groups excluding tert-OH is 2. The SMILES string of the molecule is O=C(O)c1cc(=O)[nH]c(=O)n1[C@@H]1O[C@H](COP(=O)(O)O)[C@@H](O)[C@H]1O.[Na].[Na].[Na]. The third kappa shape index (κ3) is 7.72. The molecule has 3 radical (unpaired) electrons. The van der Waals surface area contributed by atoms with Crippen LogP contribution in [-0.2, 0) is 13.8 Å². The summed E-state index contributed by atoms with van der Waals surface area (Å²) in [5, 5.41) is 28.8. The molecule has 0 aliphatic carbocycles. The van der Waals surface area contributed by atoms with Gasteiger partial charge in [0.25, 0.3) is 5.56 Å². The van der Waals surface area contributed by atoms with E-state index in [0.717, 1.165) is 0 Å². The van der Waals surface area contributed by atoms with Crippen LogP contribution in [0.15, 0.2) is 15.7 Å². The molecule has 0 aromatic carbocycles. The number of hydrogen-bond donors (Lipinski definition) is 6. The van der Waals surface area contributed by atoms with E-state index in [1.807, 2.05) is 0 Å². The number of carbonyl (C=O) groups is 1. The van der Waals surface area contributed by atoms with Crippen molar-refractivity contribution in [3.8, 4) is 0 Å². The Hall–Kier alpha value is 1.14. The first kappa shape index (κ1) is 30.3. The average Bonchev–Trinajstić information content (AvgIpc) is 2.71. The number of aromatic amines is 1. The Labute approximate surface area is 217 Å². The molecule has 0 amide bonds. The first-order valence-electron chi connectivity index (χ1n) is 6.32. The summed E-state index contributed by atoms with van der Waals surface area (Å²) in [5.74, 6) is -1.67. The number of ether oxygens (including phenoxy) is 1. The van der Waals surface area contributed by atoms with Crippen LogP contribution in [0.2, 0.25) is 0 Å². The summed E-state index contributed by atoms with van der Waals surface area (Å²) in [6.45, 7) is -0.834. The number of aliphatic hydroxyl groups is 2. The molecule has 1 aliphatic rings. The second-order valence-corrected chi connectivity index (χ2v) is 6.07. The van der Waals surface area contributed by atoms with Gasteiger partial charge in [0.15, 0.2) is 6.23 Å². The maximum absolute atomic E-state index is 11.8. The van der Waals surface area contributed by atoms with E-state index < -0.39 is 61.9 Å². The van der Waals surface area contributed by atoms with Crippen molar-refractivity contribution >= 4 is 102 Å². The minimum atomic E-state index is -4.88. The molecule has 0 saturated carbocycles. The molecule has 1 aromatic heterocycles. The number of phosphoric ester groups is 1. The molecule has 0 bridgehead atoms. The van der Waals surface area contributed by atoms with Crippen LogP contribution in [0, 0.1) is 0 Å². The Morgan fingerprint density at radius 2 is 1.78 bits per heavy atom. The second kappa shape index (κ2) is 12.1. The maximum Gasteiger partial charge on any atom is 0.469 e. The van der Waals surface area contributed by atoms with Crippen molar-refractivity contribution < 1.29 is 43.7 Å². The standard InChI is InChI=1S/C10H13N2O11P.3Na/c13-5-1-3(9(16)17)12(10(18)11-5)8-7(15)6(14)4(23-8)2-22-24(19,20)21;;;/h1,4,6-8,14-15H,2H2,(H,16,17)(H,11,13,18)(H2,19,20,21);;;/t4-,6-,7-,8-;;;/m1.../s1. The van der Waals surface area contributed by atoms with E-state index in [2.05, 4.69) is 4.52 Å². The molecule has 17 heteroatoms. The summed E-state index contributed by atoms with van der Waals surface area (Å²) in [6.07, 6.45) is -6.74. The molecular weight excluding hydrogens is 424 g/mol. The van der Waals surface area contributed by atoms with E-state index in [-0.39, 0.29) is 88.7 Å². The van der Waals surface area contributed by atoms with Crippen molar-refractivity contribution in [3.05, 3.63) is 32.6 Å². The van der Waals surface area contributed by atoms with Crippen LogP contribution in [-0.4, -0.2) is 154 Å². The third-order valence-electron chi connectivity index (χ3n) is 3.19. The van der Waals surface area contributed by atoms with Gasteiger partial charge in [-0.3, -0.25) is 18.9 Å². The number of nitrogens with zero attached hydrogens (tertiary/aromatic N) is 1. The fraction of sp³-hybridized carbons (Fsp3) is 0.500. The molecule has 2 heterocycles. The van der Waals surface area contributed by atoms with E-state index in [1.54, 1.807) is 4.98 Å². The van der Waals surface area contributed by atoms with E-state index >= 15 is 0 Å². The molecular formula is C10H13N2Na3O11P. The van der Waals surface area contributed by atoms with E-state index in [1.165, 1.54) is 0 Å². The average molecular weight is 437 g/mol. The van der Waals surface area contributed by atoms with Gasteiger partial charge in [-0.15, -0.1) is 0 Å². The summed E-state index contributed by atoms with van der Waals surface area (Å²) in [4.78, 5) is 53.2. The van der Waals surface area contributed by atoms with Gasteiger partial charge in [0, 0.05) is 94.7 Å². The van der Waals surface area contributed by atoms with E-state index in [9.17, 15) is 29.2 Å². The molecule has 6 N–H and O–H groups in total. The van der Waals surface area contributed by atoms with E-state index in [0.29, 0.717) is 10.6 Å². The van der Waals surface area contributed by atoms with Gasteiger partial charge in [0.2, 0.25) is 0 Å². The molecule has 0 spiro atoms. The van der Waals surface area contributed by atoms with Crippen molar-refractivity contribution in [1.29, 1.82) is 0 Å². The predicted octanol–water partition coefficient (Wildman–Crippen LogP) is -4.18. The van der Waals surface area contributed by atoms with Gasteiger partial charge in [0.05, 0.1) is 6.61 Å². The van der Waals surface area contributed by atoms with Crippen molar-refractivity contribution in [2.75, 3.05) is 6.61 Å². The van der Waals surface area contributed by atoms with Crippen LogP contribution in [0.1, 0.15) is 16.7 Å². The number of nitrogens with one attached hydrogen (secondary N) is 1. The van der Waals surface area contributed by atoms with Crippen LogP contribution in [0.4, 0.5) is 0 Å². The number of hydrogen-bond acceptors (Lipinski definition) is 8. The first-order chi connectivity index (χ1) is 11.0. The number of carboxylic acids is 1. The van der Waals surface area contributed by atoms with Gasteiger partial charge in [0.1, 0.15) is 24.0 Å². The minimum absolute atomic E-state index is 0. The Kier molecular flexibility index (Phi) is 13.6. The molecule has 1 aliphatic heterocycles. The largest absolute Gasteiger partial charge is 0.477 e. The zero-order chi connectivity index (χ0) is 18.2. The summed E-state index contributed by atoms with van der Waals surface area (Å²) < 4.78 is 20.3.